The van der Waals surface area contributed by atoms with Gasteiger partial charge in [0.15, 0.2) is 4.90 Å². The first-order valence-electron chi connectivity index (χ1n) is 4.50. The van der Waals surface area contributed by atoms with Gasteiger partial charge < -0.3 is 5.11 Å². The maximum atomic E-state index is 13.2. The molecule has 0 saturated carbocycles. The lowest BCUT2D eigenvalue weighted by Crippen LogP contribution is -2.27. The molecule has 94 valence electrons. The summed E-state index contributed by atoms with van der Waals surface area (Å²) in [5, 5.41) is 8.31. The van der Waals surface area contributed by atoms with Crippen LogP contribution in [0.3, 0.4) is 0 Å². The Morgan fingerprint density at radius 1 is 1.29 bits per heavy atom. The third-order valence-corrected chi connectivity index (χ3v) is 3.33. The van der Waals surface area contributed by atoms with Crippen LogP contribution in [0.5, 0.6) is 0 Å². The smallest absolute Gasteiger partial charge is 0.304 e. The highest BCUT2D eigenvalue weighted by Crippen LogP contribution is 2.17. The van der Waals surface area contributed by atoms with Crippen LogP contribution in [0, 0.1) is 11.6 Å². The molecule has 0 atom stereocenters. The van der Waals surface area contributed by atoms with E-state index in [1.54, 1.807) is 4.72 Å². The number of rotatable bonds is 5. The summed E-state index contributed by atoms with van der Waals surface area (Å²) in [7, 11) is -4.38. The number of aliphatic carboxylic acids is 1. The highest BCUT2D eigenvalue weighted by molar-refractivity contribution is 7.89. The van der Waals surface area contributed by atoms with Crippen molar-refractivity contribution in [2.45, 2.75) is 11.3 Å². The van der Waals surface area contributed by atoms with Crippen LogP contribution in [0.2, 0.25) is 0 Å². The Balaban J connectivity index is 2.94. The maximum Gasteiger partial charge on any atom is 0.304 e. The van der Waals surface area contributed by atoms with Gasteiger partial charge >= 0.3 is 5.97 Å². The normalized spacial score (nSPS) is 11.4. The highest BCUT2D eigenvalue weighted by Gasteiger charge is 2.23. The fourth-order valence-corrected chi connectivity index (χ4v) is 2.27. The van der Waals surface area contributed by atoms with E-state index in [0.717, 1.165) is 18.2 Å². The fourth-order valence-electron chi connectivity index (χ4n) is 1.10. The fraction of sp³-hybridized carbons (Fsp3) is 0.222. The van der Waals surface area contributed by atoms with Crippen LogP contribution in [0.15, 0.2) is 23.1 Å². The lowest BCUT2D eigenvalue weighted by Gasteiger charge is -2.07. The van der Waals surface area contributed by atoms with Gasteiger partial charge in [0.2, 0.25) is 10.0 Å². The molecule has 1 aromatic rings. The zero-order valence-corrected chi connectivity index (χ0v) is 9.30. The number of carboxylic acids is 1. The number of halogens is 2. The summed E-state index contributed by atoms with van der Waals surface area (Å²) in [5.74, 6) is -3.68. The number of hydrogen-bond acceptors (Lipinski definition) is 3. The van der Waals surface area contributed by atoms with Crippen molar-refractivity contribution in [1.29, 1.82) is 0 Å². The van der Waals surface area contributed by atoms with E-state index >= 15 is 0 Å². The second kappa shape index (κ2) is 5.19. The second-order valence-electron chi connectivity index (χ2n) is 3.09. The number of benzene rings is 1. The van der Waals surface area contributed by atoms with E-state index < -0.39 is 45.5 Å². The van der Waals surface area contributed by atoms with Crippen LogP contribution in [0.25, 0.3) is 0 Å². The molecule has 8 heteroatoms. The van der Waals surface area contributed by atoms with Gasteiger partial charge in [-0.25, -0.2) is 21.9 Å². The predicted octanol–water partition coefficient (Wildman–Crippen LogP) is 0.718. The zero-order valence-electron chi connectivity index (χ0n) is 8.48. The van der Waals surface area contributed by atoms with E-state index in [1.807, 2.05) is 0 Å². The van der Waals surface area contributed by atoms with Crippen molar-refractivity contribution in [3.8, 4) is 0 Å². The van der Waals surface area contributed by atoms with Crippen LogP contribution in [-0.4, -0.2) is 26.0 Å². The van der Waals surface area contributed by atoms with Gasteiger partial charge in [0.05, 0.1) is 6.42 Å². The molecule has 17 heavy (non-hydrogen) atoms. The second-order valence-corrected chi connectivity index (χ2v) is 4.80. The molecule has 0 radical (unpaired) electrons. The Labute approximate surface area is 96.1 Å². The van der Waals surface area contributed by atoms with Crippen molar-refractivity contribution in [1.82, 2.24) is 4.72 Å². The Bertz CT molecular complexity index is 510. The van der Waals surface area contributed by atoms with Crippen LogP contribution < -0.4 is 4.72 Å². The number of nitrogens with one attached hydrogen (secondary N) is 1. The molecule has 5 nitrogen and oxygen atoms in total. The van der Waals surface area contributed by atoms with Gasteiger partial charge in [-0.15, -0.1) is 0 Å². The van der Waals surface area contributed by atoms with Crippen LogP contribution >= 0.6 is 0 Å². The summed E-state index contributed by atoms with van der Waals surface area (Å²) in [6.07, 6.45) is -0.477. The van der Waals surface area contributed by atoms with E-state index in [-0.39, 0.29) is 0 Å². The molecule has 0 amide bonds. The van der Waals surface area contributed by atoms with E-state index in [9.17, 15) is 22.0 Å². The van der Waals surface area contributed by atoms with Gasteiger partial charge in [0.25, 0.3) is 0 Å². The largest absolute Gasteiger partial charge is 0.481 e. The average molecular weight is 265 g/mol. The summed E-state index contributed by atoms with van der Waals surface area (Å²) < 4.78 is 51.1. The minimum atomic E-state index is -4.38. The van der Waals surface area contributed by atoms with E-state index in [0.29, 0.717) is 0 Å². The molecule has 0 aliphatic heterocycles. The summed E-state index contributed by atoms with van der Waals surface area (Å²) in [6, 6.07) is 2.63. The van der Waals surface area contributed by atoms with E-state index in [1.165, 1.54) is 0 Å². The topological polar surface area (TPSA) is 83.5 Å². The SMILES string of the molecule is O=C(O)CCNS(=O)(=O)c1c(F)cccc1F. The van der Waals surface area contributed by atoms with Gasteiger partial charge in [0.1, 0.15) is 11.6 Å². The average Bonchev–Trinajstić information content (AvgIpc) is 2.15. The number of carbonyl (C=O) groups is 1. The molecular formula is C9H9F2NO4S. The third kappa shape index (κ3) is 3.46. The molecule has 2 N–H and O–H groups in total. The molecule has 1 rings (SSSR count). The van der Waals surface area contributed by atoms with Gasteiger partial charge in [-0.05, 0) is 12.1 Å². The lowest BCUT2D eigenvalue weighted by molar-refractivity contribution is -0.136. The van der Waals surface area contributed by atoms with Crippen molar-refractivity contribution < 1.29 is 27.1 Å². The van der Waals surface area contributed by atoms with Crippen molar-refractivity contribution in [2.75, 3.05) is 6.54 Å². The first-order chi connectivity index (χ1) is 7.84. The minimum Gasteiger partial charge on any atom is -0.481 e. The summed E-state index contributed by atoms with van der Waals surface area (Å²) in [6.45, 7) is -0.439. The predicted molar refractivity (Wildman–Crippen MR) is 53.8 cm³/mol. The maximum absolute atomic E-state index is 13.2. The molecule has 0 saturated heterocycles. The summed E-state index contributed by atoms with van der Waals surface area (Å²) in [4.78, 5) is 9.07. The first kappa shape index (κ1) is 13.5. The molecule has 1 aromatic carbocycles. The van der Waals surface area contributed by atoms with Gasteiger partial charge in [0, 0.05) is 6.54 Å². The number of carboxylic acid groups (broad SMARTS) is 1. The molecule has 0 spiro atoms. The molecule has 0 aliphatic carbocycles. The lowest BCUT2D eigenvalue weighted by atomic mass is 10.3. The van der Waals surface area contributed by atoms with Crippen molar-refractivity contribution >= 4 is 16.0 Å². The molecule has 0 aromatic heterocycles. The number of sulfonamides is 1. The van der Waals surface area contributed by atoms with Gasteiger partial charge in [-0.1, -0.05) is 6.07 Å². The van der Waals surface area contributed by atoms with Crippen LogP contribution in [0.4, 0.5) is 8.78 Å². The molecule has 0 heterocycles. The van der Waals surface area contributed by atoms with Gasteiger partial charge in [-0.3, -0.25) is 4.79 Å². The Morgan fingerprint density at radius 2 is 1.82 bits per heavy atom. The van der Waals surface area contributed by atoms with Crippen LogP contribution in [-0.2, 0) is 14.8 Å². The molecule has 0 bridgehead atoms. The summed E-state index contributed by atoms with van der Waals surface area (Å²) in [5.41, 5.74) is 0. The Morgan fingerprint density at radius 3 is 2.29 bits per heavy atom. The van der Waals surface area contributed by atoms with Crippen LogP contribution in [0.1, 0.15) is 6.42 Å². The van der Waals surface area contributed by atoms with Crippen molar-refractivity contribution in [2.24, 2.45) is 0 Å². The molecule has 0 unspecified atom stereocenters. The van der Waals surface area contributed by atoms with Gasteiger partial charge in [-0.2, -0.15) is 0 Å². The first-order valence-corrected chi connectivity index (χ1v) is 5.98. The highest BCUT2D eigenvalue weighted by atomic mass is 32.2. The number of hydrogen-bond donors (Lipinski definition) is 2. The molecule has 0 fully saturated rings. The molecule has 0 aliphatic rings. The molecular weight excluding hydrogens is 256 g/mol. The monoisotopic (exact) mass is 265 g/mol. The quantitative estimate of drug-likeness (QED) is 0.821. The zero-order chi connectivity index (χ0) is 13.1. The Hall–Kier alpha value is -1.54. The van der Waals surface area contributed by atoms with Crippen molar-refractivity contribution in [3.63, 3.8) is 0 Å². The van der Waals surface area contributed by atoms with E-state index in [2.05, 4.69) is 0 Å². The van der Waals surface area contributed by atoms with Crippen molar-refractivity contribution in [3.05, 3.63) is 29.8 Å². The summed E-state index contributed by atoms with van der Waals surface area (Å²) >= 11 is 0. The standard InChI is InChI=1S/C9H9F2NO4S/c10-6-2-1-3-7(11)9(6)17(15,16)12-5-4-8(13)14/h1-3,12H,4-5H2,(H,13,14). The Kier molecular flexibility index (Phi) is 4.13. The minimum absolute atomic E-state index is 0.439. The third-order valence-electron chi connectivity index (χ3n) is 1.82. The van der Waals surface area contributed by atoms with E-state index in [4.69, 9.17) is 5.11 Å².